The van der Waals surface area contributed by atoms with Crippen LogP contribution in [0.1, 0.15) is 6.42 Å². The molecule has 0 spiro atoms. The molecule has 1 heterocycles. The Morgan fingerprint density at radius 1 is 1.47 bits per heavy atom. The number of pyridine rings is 1. The second-order valence-corrected chi connectivity index (χ2v) is 4.85. The zero-order valence-electron chi connectivity index (χ0n) is 8.18. The van der Waals surface area contributed by atoms with Gasteiger partial charge in [-0.2, -0.15) is 0 Å². The maximum atomic E-state index is 10.6. The number of nitrogens with one attached hydrogen (secondary N) is 1. The van der Waals surface area contributed by atoms with Crippen LogP contribution >= 0.6 is 0 Å². The summed E-state index contributed by atoms with van der Waals surface area (Å²) in [5.41, 5.74) is 6.28. The van der Waals surface area contributed by atoms with Crippen LogP contribution in [0.25, 0.3) is 0 Å². The quantitative estimate of drug-likeness (QED) is 0.604. The summed E-state index contributed by atoms with van der Waals surface area (Å²) in [4.78, 5) is 3.83. The lowest BCUT2D eigenvalue weighted by atomic mass is 10.3. The van der Waals surface area contributed by atoms with Crippen LogP contribution in [0.4, 0.5) is 11.5 Å². The van der Waals surface area contributed by atoms with Crippen molar-refractivity contribution in [2.75, 3.05) is 23.3 Å². The highest BCUT2D eigenvalue weighted by molar-refractivity contribution is 7.89. The lowest BCUT2D eigenvalue weighted by molar-refractivity contribution is 0.596. The van der Waals surface area contributed by atoms with Gasteiger partial charge in [0.1, 0.15) is 5.82 Å². The molecule has 1 rings (SSSR count). The predicted molar refractivity (Wildman–Crippen MR) is 59.7 cm³/mol. The summed E-state index contributed by atoms with van der Waals surface area (Å²) in [7, 11) is -3.36. The summed E-state index contributed by atoms with van der Waals surface area (Å²) in [5.74, 6) is 0.395. The molecule has 1 aromatic heterocycles. The second-order valence-electron chi connectivity index (χ2n) is 3.12. The van der Waals surface area contributed by atoms with E-state index in [0.717, 1.165) is 5.69 Å². The van der Waals surface area contributed by atoms with Gasteiger partial charge in [-0.15, -0.1) is 0 Å². The van der Waals surface area contributed by atoms with E-state index in [1.165, 1.54) is 0 Å². The van der Waals surface area contributed by atoms with Crippen molar-refractivity contribution in [3.63, 3.8) is 0 Å². The molecule has 0 radical (unpaired) electrons. The molecule has 1 aromatic rings. The molecule has 5 N–H and O–H groups in total. The highest BCUT2D eigenvalue weighted by Crippen LogP contribution is 2.08. The van der Waals surface area contributed by atoms with Crippen LogP contribution in [0.5, 0.6) is 0 Å². The van der Waals surface area contributed by atoms with E-state index >= 15 is 0 Å². The SMILES string of the molecule is Nc1cc(NCCCS(N)(=O)=O)ccn1. The monoisotopic (exact) mass is 230 g/mol. The third kappa shape index (κ3) is 5.18. The standard InChI is InChI=1S/C8H14N4O2S/c9-8-6-7(2-4-12-8)11-3-1-5-15(10,13)14/h2,4,6H,1,3,5H2,(H3,9,11,12)(H2,10,13,14). The van der Waals surface area contributed by atoms with Gasteiger partial charge in [-0.3, -0.25) is 0 Å². The molecule has 0 fully saturated rings. The highest BCUT2D eigenvalue weighted by atomic mass is 32.2. The molecule has 0 aliphatic carbocycles. The van der Waals surface area contributed by atoms with Crippen LogP contribution in [-0.4, -0.2) is 25.7 Å². The first-order valence-corrected chi connectivity index (χ1v) is 6.15. The number of nitrogen functional groups attached to an aromatic ring is 1. The Labute approximate surface area is 88.7 Å². The first kappa shape index (κ1) is 11.7. The van der Waals surface area contributed by atoms with E-state index in [0.29, 0.717) is 18.8 Å². The molecule has 7 heteroatoms. The summed E-state index contributed by atoms with van der Waals surface area (Å²) in [6.07, 6.45) is 2.04. The summed E-state index contributed by atoms with van der Waals surface area (Å²) < 4.78 is 21.2. The third-order valence-electron chi connectivity index (χ3n) is 1.72. The van der Waals surface area contributed by atoms with Crippen molar-refractivity contribution in [3.8, 4) is 0 Å². The second kappa shape index (κ2) is 4.94. The molecule has 0 aromatic carbocycles. The van der Waals surface area contributed by atoms with E-state index in [1.54, 1.807) is 18.3 Å². The van der Waals surface area contributed by atoms with Crippen molar-refractivity contribution >= 4 is 21.5 Å². The smallest absolute Gasteiger partial charge is 0.209 e. The van der Waals surface area contributed by atoms with Crippen LogP contribution in [0, 0.1) is 0 Å². The molecular formula is C8H14N4O2S. The fourth-order valence-corrected chi connectivity index (χ4v) is 1.61. The van der Waals surface area contributed by atoms with Gasteiger partial charge in [-0.1, -0.05) is 0 Å². The largest absolute Gasteiger partial charge is 0.385 e. The third-order valence-corrected chi connectivity index (χ3v) is 2.57. The molecule has 0 saturated heterocycles. The van der Waals surface area contributed by atoms with Gasteiger partial charge in [0.25, 0.3) is 0 Å². The van der Waals surface area contributed by atoms with Crippen molar-refractivity contribution in [2.45, 2.75) is 6.42 Å². The Bertz CT molecular complexity index is 418. The molecule has 0 aliphatic rings. The van der Waals surface area contributed by atoms with Gasteiger partial charge in [-0.25, -0.2) is 18.5 Å². The van der Waals surface area contributed by atoms with Gasteiger partial charge in [-0.05, 0) is 12.5 Å². The van der Waals surface area contributed by atoms with Crippen molar-refractivity contribution in [1.82, 2.24) is 4.98 Å². The Hall–Kier alpha value is -1.34. The average Bonchev–Trinajstić information content (AvgIpc) is 2.11. The number of nitrogens with zero attached hydrogens (tertiary/aromatic N) is 1. The lowest BCUT2D eigenvalue weighted by Gasteiger charge is -2.05. The van der Waals surface area contributed by atoms with Gasteiger partial charge in [0, 0.05) is 24.5 Å². The Kier molecular flexibility index (Phi) is 3.87. The number of primary sulfonamides is 1. The van der Waals surface area contributed by atoms with Gasteiger partial charge in [0.05, 0.1) is 5.75 Å². The van der Waals surface area contributed by atoms with E-state index in [4.69, 9.17) is 10.9 Å². The summed E-state index contributed by atoms with van der Waals surface area (Å²) in [5, 5.41) is 7.87. The number of hydrogen-bond donors (Lipinski definition) is 3. The topological polar surface area (TPSA) is 111 Å². The molecule has 0 atom stereocenters. The Morgan fingerprint density at radius 3 is 2.80 bits per heavy atom. The van der Waals surface area contributed by atoms with Crippen LogP contribution in [-0.2, 0) is 10.0 Å². The lowest BCUT2D eigenvalue weighted by Crippen LogP contribution is -2.18. The van der Waals surface area contributed by atoms with Crippen molar-refractivity contribution in [3.05, 3.63) is 18.3 Å². The molecule has 0 amide bonds. The van der Waals surface area contributed by atoms with Crippen LogP contribution < -0.4 is 16.2 Å². The van der Waals surface area contributed by atoms with Crippen LogP contribution in [0.3, 0.4) is 0 Å². The highest BCUT2D eigenvalue weighted by Gasteiger charge is 2.01. The molecular weight excluding hydrogens is 216 g/mol. The van der Waals surface area contributed by atoms with E-state index in [-0.39, 0.29) is 5.75 Å². The molecule has 0 bridgehead atoms. The number of anilines is 2. The van der Waals surface area contributed by atoms with Crippen LogP contribution in [0.2, 0.25) is 0 Å². The summed E-state index contributed by atoms with van der Waals surface area (Å²) in [6.45, 7) is 0.528. The summed E-state index contributed by atoms with van der Waals surface area (Å²) >= 11 is 0. The van der Waals surface area contributed by atoms with E-state index in [2.05, 4.69) is 10.3 Å². The fourth-order valence-electron chi connectivity index (χ4n) is 1.06. The zero-order valence-corrected chi connectivity index (χ0v) is 9.00. The average molecular weight is 230 g/mol. The first-order chi connectivity index (χ1) is 6.97. The minimum Gasteiger partial charge on any atom is -0.385 e. The van der Waals surface area contributed by atoms with Crippen molar-refractivity contribution in [2.24, 2.45) is 5.14 Å². The van der Waals surface area contributed by atoms with Crippen molar-refractivity contribution in [1.29, 1.82) is 0 Å². The van der Waals surface area contributed by atoms with Crippen molar-refractivity contribution < 1.29 is 8.42 Å². The predicted octanol–water partition coefficient (Wildman–Crippen LogP) is -0.246. The Balaban J connectivity index is 2.32. The van der Waals surface area contributed by atoms with E-state index in [1.807, 2.05) is 0 Å². The zero-order chi connectivity index (χ0) is 11.3. The number of hydrogen-bond acceptors (Lipinski definition) is 5. The number of sulfonamides is 1. The number of aromatic nitrogens is 1. The molecule has 0 aliphatic heterocycles. The Morgan fingerprint density at radius 2 is 2.20 bits per heavy atom. The molecule has 6 nitrogen and oxygen atoms in total. The minimum absolute atomic E-state index is 0.0272. The molecule has 0 unspecified atom stereocenters. The number of rotatable bonds is 5. The summed E-state index contributed by atoms with van der Waals surface area (Å²) in [6, 6.07) is 3.43. The normalized spacial score (nSPS) is 11.3. The first-order valence-electron chi connectivity index (χ1n) is 4.43. The van der Waals surface area contributed by atoms with Gasteiger partial charge >= 0.3 is 0 Å². The van der Waals surface area contributed by atoms with Crippen LogP contribution in [0.15, 0.2) is 18.3 Å². The number of nitrogens with two attached hydrogens (primary N) is 2. The van der Waals surface area contributed by atoms with Gasteiger partial charge in [0.15, 0.2) is 0 Å². The minimum atomic E-state index is -3.36. The van der Waals surface area contributed by atoms with E-state index in [9.17, 15) is 8.42 Å². The maximum Gasteiger partial charge on any atom is 0.209 e. The fraction of sp³-hybridized carbons (Fsp3) is 0.375. The maximum absolute atomic E-state index is 10.6. The van der Waals surface area contributed by atoms with Gasteiger partial charge in [0.2, 0.25) is 10.0 Å². The molecule has 0 saturated carbocycles. The molecule has 15 heavy (non-hydrogen) atoms. The van der Waals surface area contributed by atoms with E-state index < -0.39 is 10.0 Å². The molecule has 84 valence electrons. The van der Waals surface area contributed by atoms with Gasteiger partial charge < -0.3 is 11.1 Å².